The van der Waals surface area contributed by atoms with Crippen LogP contribution < -0.4 is 4.90 Å². The number of aromatic nitrogens is 2. The summed E-state index contributed by atoms with van der Waals surface area (Å²) in [5.74, 6) is 0. The third kappa shape index (κ3) is 3.62. The summed E-state index contributed by atoms with van der Waals surface area (Å²) in [5.41, 5.74) is 2.41. The van der Waals surface area contributed by atoms with Crippen LogP contribution in [-0.4, -0.2) is 45.8 Å². The molecule has 8 heteroatoms. The van der Waals surface area contributed by atoms with Crippen LogP contribution >= 0.6 is 11.6 Å². The zero-order chi connectivity index (χ0) is 16.4. The molecule has 1 saturated heterocycles. The van der Waals surface area contributed by atoms with Crippen molar-refractivity contribution in [3.05, 3.63) is 51.3 Å². The molecule has 23 heavy (non-hydrogen) atoms. The lowest BCUT2D eigenvalue weighted by atomic mass is 10.1. The van der Waals surface area contributed by atoms with Crippen molar-refractivity contribution >= 4 is 23.0 Å². The highest BCUT2D eigenvalue weighted by atomic mass is 35.5. The van der Waals surface area contributed by atoms with Crippen molar-refractivity contribution in [2.45, 2.75) is 13.6 Å². The second-order valence-electron chi connectivity index (χ2n) is 5.67. The summed E-state index contributed by atoms with van der Waals surface area (Å²) >= 11 is 6.10. The zero-order valence-corrected chi connectivity index (χ0v) is 13.6. The predicted octanol–water partition coefficient (Wildman–Crippen LogP) is 2.53. The second kappa shape index (κ2) is 6.55. The molecular formula is C15H18ClN5O2. The molecule has 1 aliphatic rings. The summed E-state index contributed by atoms with van der Waals surface area (Å²) < 4.78 is 1.61. The Morgan fingerprint density at radius 1 is 1.30 bits per heavy atom. The third-order valence-corrected chi connectivity index (χ3v) is 4.29. The Balaban J connectivity index is 1.59. The number of aryl methyl sites for hydroxylation is 1. The molecule has 1 aliphatic heterocycles. The summed E-state index contributed by atoms with van der Waals surface area (Å²) in [7, 11) is 0. The fourth-order valence-electron chi connectivity index (χ4n) is 2.78. The van der Waals surface area contributed by atoms with Gasteiger partial charge in [0, 0.05) is 36.9 Å². The van der Waals surface area contributed by atoms with Gasteiger partial charge in [-0.3, -0.25) is 19.7 Å². The molecule has 1 aromatic carbocycles. The molecule has 122 valence electrons. The van der Waals surface area contributed by atoms with Crippen molar-refractivity contribution in [2.24, 2.45) is 0 Å². The lowest BCUT2D eigenvalue weighted by Crippen LogP contribution is -2.47. The van der Waals surface area contributed by atoms with E-state index in [1.54, 1.807) is 4.68 Å². The van der Waals surface area contributed by atoms with Crippen molar-refractivity contribution in [2.75, 3.05) is 31.1 Å². The molecule has 2 aromatic rings. The molecule has 0 aliphatic carbocycles. The first-order valence-corrected chi connectivity index (χ1v) is 7.81. The van der Waals surface area contributed by atoms with E-state index in [2.05, 4.69) is 21.8 Å². The second-order valence-corrected chi connectivity index (χ2v) is 6.11. The first kappa shape index (κ1) is 15.8. The van der Waals surface area contributed by atoms with Gasteiger partial charge in [-0.25, -0.2) is 0 Å². The predicted molar refractivity (Wildman–Crippen MR) is 88.9 cm³/mol. The third-order valence-electron chi connectivity index (χ3n) is 4.06. The highest BCUT2D eigenvalue weighted by Crippen LogP contribution is 2.25. The fraction of sp³-hybridized carbons (Fsp3) is 0.400. The maximum absolute atomic E-state index is 10.7. The van der Waals surface area contributed by atoms with Gasteiger partial charge < -0.3 is 4.90 Å². The molecule has 7 nitrogen and oxygen atoms in total. The monoisotopic (exact) mass is 335 g/mol. The molecule has 0 saturated carbocycles. The molecule has 1 fully saturated rings. The van der Waals surface area contributed by atoms with Crippen LogP contribution in [-0.2, 0) is 6.67 Å². The van der Waals surface area contributed by atoms with E-state index >= 15 is 0 Å². The first-order chi connectivity index (χ1) is 11.0. The Kier molecular flexibility index (Phi) is 4.49. The maximum Gasteiger partial charge on any atom is 0.307 e. The number of nitro groups is 1. The number of benzene rings is 1. The van der Waals surface area contributed by atoms with Gasteiger partial charge in [-0.05, 0) is 24.6 Å². The fourth-order valence-corrected chi connectivity index (χ4v) is 2.95. The zero-order valence-electron chi connectivity index (χ0n) is 12.9. The van der Waals surface area contributed by atoms with E-state index < -0.39 is 4.92 Å². The van der Waals surface area contributed by atoms with E-state index in [1.165, 1.54) is 23.6 Å². The van der Waals surface area contributed by atoms with Crippen molar-refractivity contribution in [1.29, 1.82) is 0 Å². The summed E-state index contributed by atoms with van der Waals surface area (Å²) in [6.07, 6.45) is 2.75. The first-order valence-electron chi connectivity index (χ1n) is 7.43. The highest BCUT2D eigenvalue weighted by molar-refractivity contribution is 6.30. The van der Waals surface area contributed by atoms with E-state index in [9.17, 15) is 10.1 Å². The molecule has 0 spiro atoms. The van der Waals surface area contributed by atoms with Gasteiger partial charge in [-0.1, -0.05) is 17.7 Å². The number of nitrogens with zero attached hydrogens (tertiary/aromatic N) is 5. The quantitative estimate of drug-likeness (QED) is 0.634. The standard InChI is InChI=1S/C15H18ClN5O2/c1-12-2-3-13(16)8-15(12)19-6-4-18(5-7-19)11-20-10-14(9-17-20)21(22)23/h2-3,8-10H,4-7,11H2,1H3. The Morgan fingerprint density at radius 3 is 2.70 bits per heavy atom. The topological polar surface area (TPSA) is 67.4 Å². The molecule has 0 radical (unpaired) electrons. The molecule has 0 amide bonds. The molecule has 0 N–H and O–H groups in total. The number of anilines is 1. The summed E-state index contributed by atoms with van der Waals surface area (Å²) in [4.78, 5) is 14.8. The van der Waals surface area contributed by atoms with Crippen LogP contribution in [0.25, 0.3) is 0 Å². The number of hydrogen-bond donors (Lipinski definition) is 0. The van der Waals surface area contributed by atoms with E-state index in [-0.39, 0.29) is 5.69 Å². The van der Waals surface area contributed by atoms with E-state index in [4.69, 9.17) is 11.6 Å². The molecule has 0 bridgehead atoms. The Morgan fingerprint density at radius 2 is 2.04 bits per heavy atom. The number of rotatable bonds is 4. The number of hydrogen-bond acceptors (Lipinski definition) is 5. The van der Waals surface area contributed by atoms with Gasteiger partial charge in [-0.15, -0.1) is 0 Å². The van der Waals surface area contributed by atoms with Crippen LogP contribution in [0.15, 0.2) is 30.6 Å². The highest BCUT2D eigenvalue weighted by Gasteiger charge is 2.19. The van der Waals surface area contributed by atoms with Crippen molar-refractivity contribution in [1.82, 2.24) is 14.7 Å². The van der Waals surface area contributed by atoms with Crippen LogP contribution in [0.4, 0.5) is 11.4 Å². The molecule has 0 atom stereocenters. The minimum atomic E-state index is -0.427. The van der Waals surface area contributed by atoms with Crippen LogP contribution in [0.5, 0.6) is 0 Å². The lowest BCUT2D eigenvalue weighted by Gasteiger charge is -2.36. The van der Waals surface area contributed by atoms with Crippen molar-refractivity contribution in [3.8, 4) is 0 Å². The van der Waals surface area contributed by atoms with Gasteiger partial charge >= 0.3 is 5.69 Å². The largest absolute Gasteiger partial charge is 0.369 e. The summed E-state index contributed by atoms with van der Waals surface area (Å²) in [6.45, 7) is 6.19. The smallest absolute Gasteiger partial charge is 0.307 e. The molecule has 1 aromatic heterocycles. The van der Waals surface area contributed by atoms with Gasteiger partial charge in [0.1, 0.15) is 12.4 Å². The minimum Gasteiger partial charge on any atom is -0.369 e. The van der Waals surface area contributed by atoms with E-state index in [0.29, 0.717) is 6.67 Å². The van der Waals surface area contributed by atoms with Crippen molar-refractivity contribution < 1.29 is 4.92 Å². The molecular weight excluding hydrogens is 318 g/mol. The minimum absolute atomic E-state index is 0.0261. The number of halogens is 1. The van der Waals surface area contributed by atoms with Crippen molar-refractivity contribution in [3.63, 3.8) is 0 Å². The Labute approximate surface area is 139 Å². The van der Waals surface area contributed by atoms with Gasteiger partial charge in [0.05, 0.1) is 11.6 Å². The average molecular weight is 336 g/mol. The lowest BCUT2D eigenvalue weighted by molar-refractivity contribution is -0.385. The molecule has 0 unspecified atom stereocenters. The summed E-state index contributed by atoms with van der Waals surface area (Å²) in [5, 5.41) is 15.5. The Bertz CT molecular complexity index is 710. The van der Waals surface area contributed by atoms with Crippen LogP contribution in [0, 0.1) is 17.0 Å². The van der Waals surface area contributed by atoms with E-state index in [1.807, 2.05) is 18.2 Å². The molecule has 3 rings (SSSR count). The van der Waals surface area contributed by atoms with Gasteiger partial charge in [0.2, 0.25) is 0 Å². The summed E-state index contributed by atoms with van der Waals surface area (Å²) in [6, 6.07) is 5.94. The van der Waals surface area contributed by atoms with Gasteiger partial charge in [-0.2, -0.15) is 5.10 Å². The van der Waals surface area contributed by atoms with Crippen LogP contribution in [0.3, 0.4) is 0 Å². The van der Waals surface area contributed by atoms with Gasteiger partial charge in [0.15, 0.2) is 0 Å². The van der Waals surface area contributed by atoms with Crippen LogP contribution in [0.1, 0.15) is 5.56 Å². The number of piperazine rings is 1. The normalized spacial score (nSPS) is 15.8. The Hall–Kier alpha value is -2.12. The van der Waals surface area contributed by atoms with Crippen LogP contribution in [0.2, 0.25) is 5.02 Å². The molecule has 2 heterocycles. The SMILES string of the molecule is Cc1ccc(Cl)cc1N1CCN(Cn2cc([N+](=O)[O-])cn2)CC1. The van der Waals surface area contributed by atoms with E-state index in [0.717, 1.165) is 31.2 Å². The maximum atomic E-state index is 10.7. The van der Waals surface area contributed by atoms with Gasteiger partial charge in [0.25, 0.3) is 0 Å². The average Bonchev–Trinajstić information content (AvgIpc) is 2.99.